The lowest BCUT2D eigenvalue weighted by atomic mass is 10.2. The predicted molar refractivity (Wildman–Crippen MR) is 72.6 cm³/mol. The molecule has 2 atom stereocenters. The predicted octanol–water partition coefficient (Wildman–Crippen LogP) is 3.72. The lowest BCUT2D eigenvalue weighted by Crippen LogP contribution is -2.46. The van der Waals surface area contributed by atoms with E-state index in [4.69, 9.17) is 14.7 Å². The molecule has 0 aliphatic carbocycles. The van der Waals surface area contributed by atoms with Crippen molar-refractivity contribution in [3.63, 3.8) is 0 Å². The zero-order valence-electron chi connectivity index (χ0n) is 10.7. The van der Waals surface area contributed by atoms with Gasteiger partial charge in [0.2, 0.25) is 0 Å². The Morgan fingerprint density at radius 2 is 1.94 bits per heavy atom. The summed E-state index contributed by atoms with van der Waals surface area (Å²) in [5, 5.41) is 3.89. The van der Waals surface area contributed by atoms with E-state index in [9.17, 15) is 0 Å². The van der Waals surface area contributed by atoms with Crippen LogP contribution in [-0.2, 0) is 9.16 Å². The van der Waals surface area contributed by atoms with Gasteiger partial charge in [-0.2, -0.15) is 0 Å². The van der Waals surface area contributed by atoms with E-state index >= 15 is 0 Å². The maximum absolute atomic E-state index is 8.46. The van der Waals surface area contributed by atoms with E-state index in [1.54, 1.807) is 0 Å². The van der Waals surface area contributed by atoms with Crippen molar-refractivity contribution in [2.24, 2.45) is 5.11 Å². The van der Waals surface area contributed by atoms with Crippen LogP contribution in [0.4, 0.5) is 0 Å². The third-order valence-electron chi connectivity index (χ3n) is 3.45. The van der Waals surface area contributed by atoms with Crippen LogP contribution in [0, 0.1) is 0 Å². The molecule has 0 spiro atoms. The highest BCUT2D eigenvalue weighted by molar-refractivity contribution is 6.74. The van der Waals surface area contributed by atoms with Crippen LogP contribution in [0.1, 0.15) is 28.2 Å². The molecule has 1 heterocycles. The minimum atomic E-state index is -1.80. The van der Waals surface area contributed by atoms with Crippen molar-refractivity contribution in [2.75, 3.05) is 13.2 Å². The summed E-state index contributed by atoms with van der Waals surface area (Å²) < 4.78 is 11.5. The molecule has 6 heteroatoms. The number of ether oxygens (including phenoxy) is 1. The van der Waals surface area contributed by atoms with E-state index in [-0.39, 0.29) is 24.6 Å². The molecule has 100 valence electrons. The number of hydrogen-bond donors (Lipinski definition) is 0. The molecule has 1 rings (SSSR count). The maximum Gasteiger partial charge on any atom is 0.192 e. The second-order valence-corrected chi connectivity index (χ2v) is 10.5. The molecule has 0 aromatic heterocycles. The van der Waals surface area contributed by atoms with E-state index in [1.165, 1.54) is 0 Å². The Balaban J connectivity index is 0.00000256. The molecule has 0 saturated carbocycles. The van der Waals surface area contributed by atoms with Crippen molar-refractivity contribution in [1.29, 1.82) is 0 Å². The van der Waals surface area contributed by atoms with Crippen LogP contribution in [0.2, 0.25) is 18.1 Å². The Morgan fingerprint density at radius 1 is 1.35 bits per heavy atom. The minimum Gasteiger partial charge on any atom is -0.411 e. The van der Waals surface area contributed by atoms with Crippen LogP contribution in [0.15, 0.2) is 5.11 Å². The molecule has 1 saturated heterocycles. The van der Waals surface area contributed by atoms with Gasteiger partial charge >= 0.3 is 0 Å². The maximum atomic E-state index is 8.46. The van der Waals surface area contributed by atoms with Gasteiger partial charge in [0.05, 0.1) is 25.4 Å². The quantitative estimate of drug-likeness (QED) is 0.335. The first-order chi connectivity index (χ1) is 7.28. The third kappa shape index (κ3) is 3.99. The van der Waals surface area contributed by atoms with Gasteiger partial charge < -0.3 is 9.16 Å². The lowest BCUT2D eigenvalue weighted by Gasteiger charge is -2.38. The van der Waals surface area contributed by atoms with E-state index in [2.05, 4.69) is 43.9 Å². The molecular weight excluding hydrogens is 234 g/mol. The van der Waals surface area contributed by atoms with Crippen molar-refractivity contribution >= 4 is 8.32 Å². The summed E-state index contributed by atoms with van der Waals surface area (Å²) in [4.78, 5) is 2.84. The van der Waals surface area contributed by atoms with Crippen LogP contribution in [0.3, 0.4) is 0 Å². The average molecular weight is 259 g/mol. The molecule has 0 radical (unpaired) electrons. The summed E-state index contributed by atoms with van der Waals surface area (Å²) in [7, 11) is -1.80. The van der Waals surface area contributed by atoms with Crippen LogP contribution in [0.5, 0.6) is 0 Å². The number of azide groups is 1. The van der Waals surface area contributed by atoms with E-state index in [0.29, 0.717) is 13.2 Å². The second kappa shape index (κ2) is 5.86. The molecule has 0 bridgehead atoms. The number of hydrogen-bond acceptors (Lipinski definition) is 3. The first-order valence-electron chi connectivity index (χ1n) is 5.58. The average Bonchev–Trinajstić information content (AvgIpc) is 2.51. The van der Waals surface area contributed by atoms with E-state index in [0.717, 1.165) is 0 Å². The molecule has 0 amide bonds. The SMILES string of the molecule is C.CC(C)(C)[Si](C)(C)O[C@H]1COC[C@H]1N=[N+]=[N-]. The number of rotatable bonds is 3. The Morgan fingerprint density at radius 3 is 2.41 bits per heavy atom. The van der Waals surface area contributed by atoms with Gasteiger partial charge in [0.1, 0.15) is 0 Å². The smallest absolute Gasteiger partial charge is 0.192 e. The van der Waals surface area contributed by atoms with Crippen molar-refractivity contribution in [1.82, 2.24) is 0 Å². The molecule has 1 aliphatic heterocycles. The zero-order valence-corrected chi connectivity index (χ0v) is 11.7. The molecule has 0 aromatic carbocycles. The molecule has 17 heavy (non-hydrogen) atoms. The standard InChI is InChI=1S/C10H21N3O2Si.CH4/c1-10(2,3)16(4,5)15-9-7-14-6-8(9)12-13-11;/h8-9H,6-7H2,1-5H3;1H4/t8-,9+;/m1./s1. The van der Waals surface area contributed by atoms with Gasteiger partial charge in [-0.05, 0) is 23.7 Å². The normalized spacial score (nSPS) is 25.0. The summed E-state index contributed by atoms with van der Waals surface area (Å²) in [6.45, 7) is 12.0. The third-order valence-corrected chi connectivity index (χ3v) is 7.96. The summed E-state index contributed by atoms with van der Waals surface area (Å²) in [5.41, 5.74) is 8.46. The van der Waals surface area contributed by atoms with Gasteiger partial charge in [-0.15, -0.1) is 0 Å². The topological polar surface area (TPSA) is 67.2 Å². The molecular formula is C11H25N3O2Si. The van der Waals surface area contributed by atoms with Crippen molar-refractivity contribution in [3.05, 3.63) is 10.4 Å². The first kappa shape index (κ1) is 16.4. The van der Waals surface area contributed by atoms with Gasteiger partial charge in [0.25, 0.3) is 0 Å². The molecule has 0 N–H and O–H groups in total. The van der Waals surface area contributed by atoms with Crippen LogP contribution >= 0.6 is 0 Å². The van der Waals surface area contributed by atoms with Gasteiger partial charge in [-0.3, -0.25) is 0 Å². The minimum absolute atomic E-state index is 0. The Hall–Kier alpha value is -0.553. The van der Waals surface area contributed by atoms with Crippen molar-refractivity contribution in [3.8, 4) is 0 Å². The summed E-state index contributed by atoms with van der Waals surface area (Å²) >= 11 is 0. The van der Waals surface area contributed by atoms with Crippen LogP contribution < -0.4 is 0 Å². The second-order valence-electron chi connectivity index (χ2n) is 5.73. The van der Waals surface area contributed by atoms with Crippen LogP contribution in [0.25, 0.3) is 10.4 Å². The highest BCUT2D eigenvalue weighted by Crippen LogP contribution is 2.38. The lowest BCUT2D eigenvalue weighted by molar-refractivity contribution is 0.130. The Bertz CT molecular complexity index is 296. The van der Waals surface area contributed by atoms with Crippen molar-refractivity contribution < 1.29 is 9.16 Å². The fraction of sp³-hybridized carbons (Fsp3) is 1.00. The molecule has 1 fully saturated rings. The monoisotopic (exact) mass is 259 g/mol. The molecule has 1 aliphatic rings. The van der Waals surface area contributed by atoms with Gasteiger partial charge in [0, 0.05) is 4.91 Å². The number of nitrogens with zero attached hydrogens (tertiary/aromatic N) is 3. The van der Waals surface area contributed by atoms with Crippen LogP contribution in [-0.4, -0.2) is 33.7 Å². The first-order valence-corrected chi connectivity index (χ1v) is 8.48. The summed E-state index contributed by atoms with van der Waals surface area (Å²) in [6, 6.07) is -0.167. The Kier molecular flexibility index (Phi) is 5.67. The van der Waals surface area contributed by atoms with Gasteiger partial charge in [0.15, 0.2) is 8.32 Å². The molecule has 5 nitrogen and oxygen atoms in total. The zero-order chi connectivity index (χ0) is 12.4. The molecule has 0 unspecified atom stereocenters. The van der Waals surface area contributed by atoms with Gasteiger partial charge in [-0.25, -0.2) is 0 Å². The Labute approximate surface area is 105 Å². The largest absolute Gasteiger partial charge is 0.411 e. The fourth-order valence-electron chi connectivity index (χ4n) is 1.37. The molecule has 0 aromatic rings. The highest BCUT2D eigenvalue weighted by Gasteiger charge is 2.42. The highest BCUT2D eigenvalue weighted by atomic mass is 28.4. The summed E-state index contributed by atoms with van der Waals surface area (Å²) in [6.07, 6.45) is -0.0724. The van der Waals surface area contributed by atoms with Crippen molar-refractivity contribution in [2.45, 2.75) is 58.5 Å². The van der Waals surface area contributed by atoms with E-state index < -0.39 is 8.32 Å². The summed E-state index contributed by atoms with van der Waals surface area (Å²) in [5.74, 6) is 0. The van der Waals surface area contributed by atoms with Gasteiger partial charge in [-0.1, -0.05) is 33.3 Å². The fourth-order valence-corrected chi connectivity index (χ4v) is 2.70. The van der Waals surface area contributed by atoms with E-state index in [1.807, 2.05) is 0 Å².